The molecule has 2 aromatic carbocycles. The predicted octanol–water partition coefficient (Wildman–Crippen LogP) is 12.4. The molecule has 3 aliphatic rings. The Morgan fingerprint density at radius 1 is 0.613 bits per heavy atom. The number of imide groups is 1. The van der Waals surface area contributed by atoms with Crippen LogP contribution < -0.4 is 11.2 Å². The first-order valence-electron chi connectivity index (χ1n) is 29.7. The van der Waals surface area contributed by atoms with Crippen molar-refractivity contribution in [3.05, 3.63) is 104 Å². The third-order valence-electron chi connectivity index (χ3n) is 18.8. The zero-order chi connectivity index (χ0) is 59.1. The van der Waals surface area contributed by atoms with E-state index in [4.69, 9.17) is 36.7 Å². The number of urea groups is 1. The van der Waals surface area contributed by atoms with Gasteiger partial charge in [-0.25, -0.2) is 19.1 Å². The molecule has 3 saturated heterocycles. The molecule has 1 aromatic heterocycles. The second kappa shape index (κ2) is 27.1. The van der Waals surface area contributed by atoms with Gasteiger partial charge >= 0.3 is 11.7 Å². The highest BCUT2D eigenvalue weighted by molar-refractivity contribution is 6.75. The van der Waals surface area contributed by atoms with Gasteiger partial charge in [0, 0.05) is 31.1 Å². The summed E-state index contributed by atoms with van der Waals surface area (Å²) in [6.45, 7) is 37.1. The summed E-state index contributed by atoms with van der Waals surface area (Å²) in [7, 11) is -8.91. The van der Waals surface area contributed by atoms with E-state index in [0.29, 0.717) is 19.4 Å². The largest absolute Gasteiger partial charge is 0.414 e. The highest BCUT2D eigenvalue weighted by Gasteiger charge is 2.54. The molecule has 16 nitrogen and oxygen atoms in total. The molecule has 7 atom stereocenters. The van der Waals surface area contributed by atoms with Gasteiger partial charge in [0.05, 0.1) is 44.1 Å². The fourth-order valence-electron chi connectivity index (χ4n) is 10.8. The molecule has 6 rings (SSSR count). The van der Waals surface area contributed by atoms with Gasteiger partial charge in [-0.2, -0.15) is 0 Å². The molecule has 448 valence electrons. The van der Waals surface area contributed by atoms with Crippen molar-refractivity contribution in [2.45, 2.75) is 239 Å². The molecule has 0 saturated carbocycles. The standard InChI is InChI=1S/C60H100N4O12Si4/c1-18-79(19-2,20-3)72-41-51-49(76-80(21-4,22-5)23-6)35-53(74-51)62-42-60(13,55(66)64(57(62)68)44-70-39-46-32-28-25-29-33-46)36-47-37-61(56(67)63(54(47)65)43-69-38-45-30-26-24-27-31-45)52-34-48(75-78(16,17)59(10,11)12)50(73-52)40-71-77(14,15)58(7,8)9/h24-33,37,48-53H,18-23,34-36,38-44H2,1-17H3/t48-,49-,50-,51-,52-,53-,60+/m1/s1. The van der Waals surface area contributed by atoms with Gasteiger partial charge in [-0.3, -0.25) is 19.1 Å². The molecule has 0 bridgehead atoms. The van der Waals surface area contributed by atoms with Gasteiger partial charge in [0.25, 0.3) is 5.56 Å². The molecule has 80 heavy (non-hydrogen) atoms. The van der Waals surface area contributed by atoms with Crippen molar-refractivity contribution in [3.63, 3.8) is 0 Å². The molecule has 0 aliphatic carbocycles. The Bertz CT molecular complexity index is 2600. The molecule has 3 fully saturated rings. The van der Waals surface area contributed by atoms with E-state index in [1.165, 1.54) is 4.57 Å². The molecule has 4 heterocycles. The van der Waals surface area contributed by atoms with Crippen LogP contribution in [0.15, 0.2) is 76.4 Å². The van der Waals surface area contributed by atoms with Crippen molar-refractivity contribution in [1.82, 2.24) is 18.9 Å². The Labute approximate surface area is 483 Å². The Morgan fingerprint density at radius 2 is 1.09 bits per heavy atom. The number of nitrogens with zero attached hydrogens (tertiary/aromatic N) is 4. The van der Waals surface area contributed by atoms with Crippen molar-refractivity contribution in [3.8, 4) is 0 Å². The number of rotatable bonds is 28. The van der Waals surface area contributed by atoms with Crippen LogP contribution in [0.4, 0.5) is 4.79 Å². The molecule has 3 aliphatic heterocycles. The van der Waals surface area contributed by atoms with E-state index >= 15 is 19.2 Å². The number of ether oxygens (including phenoxy) is 4. The van der Waals surface area contributed by atoms with Gasteiger partial charge in [-0.05, 0) is 97.0 Å². The van der Waals surface area contributed by atoms with Crippen LogP contribution in [-0.4, -0.2) is 121 Å². The molecule has 0 unspecified atom stereocenters. The Kier molecular flexibility index (Phi) is 22.3. The van der Waals surface area contributed by atoms with Crippen LogP contribution in [-0.2, 0) is 67.8 Å². The first-order valence-corrected chi connectivity index (χ1v) is 40.6. The highest BCUT2D eigenvalue weighted by atomic mass is 28.4. The van der Waals surface area contributed by atoms with Crippen LogP contribution in [0.25, 0.3) is 0 Å². The topological polar surface area (TPSA) is 158 Å². The van der Waals surface area contributed by atoms with Crippen LogP contribution in [0.2, 0.25) is 72.5 Å². The second-order valence-corrected chi connectivity index (χ2v) is 45.1. The van der Waals surface area contributed by atoms with E-state index in [0.717, 1.165) is 56.9 Å². The van der Waals surface area contributed by atoms with Crippen LogP contribution in [0.5, 0.6) is 0 Å². The van der Waals surface area contributed by atoms with Gasteiger partial charge in [-0.1, -0.05) is 144 Å². The predicted molar refractivity (Wildman–Crippen MR) is 325 cm³/mol. The van der Waals surface area contributed by atoms with Crippen LogP contribution in [0.3, 0.4) is 0 Å². The summed E-state index contributed by atoms with van der Waals surface area (Å²) in [5.74, 6) is -0.511. The van der Waals surface area contributed by atoms with E-state index in [1.54, 1.807) is 18.0 Å². The number of amides is 3. The number of hydrogen-bond acceptors (Lipinski definition) is 12. The Balaban J connectivity index is 1.43. The normalized spacial score (nSPS) is 23.7. The maximum atomic E-state index is 15.3. The van der Waals surface area contributed by atoms with Crippen molar-refractivity contribution < 1.29 is 46.2 Å². The smallest absolute Gasteiger partial charge is 0.335 e. The third-order valence-corrected chi connectivity index (χ3v) is 37.1. The zero-order valence-electron chi connectivity index (χ0n) is 51.8. The van der Waals surface area contributed by atoms with Crippen molar-refractivity contribution in [2.75, 3.05) is 26.5 Å². The molecule has 3 amide bonds. The lowest BCUT2D eigenvalue weighted by Crippen LogP contribution is -2.64. The van der Waals surface area contributed by atoms with E-state index in [2.05, 4.69) is 109 Å². The van der Waals surface area contributed by atoms with Gasteiger partial charge < -0.3 is 36.7 Å². The van der Waals surface area contributed by atoms with Gasteiger partial charge in [0.2, 0.25) is 5.91 Å². The molecule has 3 aromatic rings. The molecular weight excluding hydrogens is 1080 g/mol. The maximum Gasteiger partial charge on any atom is 0.335 e. The minimum atomic E-state index is -2.39. The zero-order valence-corrected chi connectivity index (χ0v) is 55.8. The van der Waals surface area contributed by atoms with E-state index < -0.39 is 92.6 Å². The van der Waals surface area contributed by atoms with Crippen LogP contribution in [0, 0.1) is 5.41 Å². The summed E-state index contributed by atoms with van der Waals surface area (Å²) in [5.41, 5.74) is -0.713. The molecule has 0 spiro atoms. The summed E-state index contributed by atoms with van der Waals surface area (Å²) >= 11 is 0. The van der Waals surface area contributed by atoms with E-state index in [9.17, 15) is 0 Å². The van der Waals surface area contributed by atoms with Crippen molar-refractivity contribution in [1.29, 1.82) is 0 Å². The molecular formula is C60H100N4O12Si4. The minimum Gasteiger partial charge on any atom is -0.414 e. The maximum absolute atomic E-state index is 15.3. The summed E-state index contributed by atoms with van der Waals surface area (Å²) in [6, 6.07) is 24.3. The summed E-state index contributed by atoms with van der Waals surface area (Å²) in [5, 5.41) is -0.181. The lowest BCUT2D eigenvalue weighted by Gasteiger charge is -2.45. The molecule has 0 N–H and O–H groups in total. The number of hydrogen-bond donors (Lipinski definition) is 0. The van der Waals surface area contributed by atoms with Crippen LogP contribution >= 0.6 is 0 Å². The lowest BCUT2D eigenvalue weighted by molar-refractivity contribution is -0.155. The van der Waals surface area contributed by atoms with E-state index in [-0.39, 0.29) is 68.0 Å². The SMILES string of the molecule is CC[Si](CC)(CC)OC[C@H]1O[C@@H](N2C[C@](C)(Cc3cn([C@H]4C[C@@H](O[Si](C)(C)C(C)(C)C)[C@@H](CO[Si](C)(C)C(C)(C)C)O4)c(=O)n(COCc4ccccc4)c3=O)C(=O)N(COCc3ccccc3)C2=O)C[C@H]1O[Si](CC)(CC)CC. The average molecular weight is 1180 g/mol. The average Bonchev–Trinajstić information content (AvgIpc) is 4.01. The van der Waals surface area contributed by atoms with Crippen molar-refractivity contribution in [2.24, 2.45) is 5.41 Å². The van der Waals surface area contributed by atoms with E-state index in [1.807, 2.05) is 60.7 Å². The van der Waals surface area contributed by atoms with Crippen LogP contribution in [0.1, 0.15) is 126 Å². The lowest BCUT2D eigenvalue weighted by atomic mass is 9.80. The van der Waals surface area contributed by atoms with Crippen molar-refractivity contribution >= 4 is 45.2 Å². The Morgan fingerprint density at radius 3 is 1.60 bits per heavy atom. The number of aromatic nitrogens is 2. The first-order chi connectivity index (χ1) is 37.5. The van der Waals surface area contributed by atoms with Gasteiger partial charge in [0.15, 0.2) is 33.3 Å². The van der Waals surface area contributed by atoms with Gasteiger partial charge in [0.1, 0.15) is 38.1 Å². The fourth-order valence-corrected chi connectivity index (χ4v) is 18.7. The Hall–Kier alpha value is -3.39. The monoisotopic (exact) mass is 1180 g/mol. The fraction of sp³-hybridized carbons (Fsp3) is 0.700. The number of benzene rings is 2. The number of carbonyl (C=O) groups excluding carboxylic acids is 2. The minimum absolute atomic E-state index is 0.0627. The second-order valence-electron chi connectivity index (χ2n) is 26.1. The first kappa shape index (κ1) is 65.8. The summed E-state index contributed by atoms with van der Waals surface area (Å²) < 4.78 is 57.0. The summed E-state index contributed by atoms with van der Waals surface area (Å²) in [6.07, 6.45) is -1.28. The quantitative estimate of drug-likeness (QED) is 0.0635. The third kappa shape index (κ3) is 15.3. The van der Waals surface area contributed by atoms with Gasteiger partial charge in [-0.15, -0.1) is 0 Å². The number of carbonyl (C=O) groups is 2. The molecule has 0 radical (unpaired) electrons. The summed E-state index contributed by atoms with van der Waals surface area (Å²) in [4.78, 5) is 63.3. The highest BCUT2D eigenvalue weighted by Crippen LogP contribution is 2.44. The molecule has 20 heteroatoms.